The van der Waals surface area contributed by atoms with Crippen molar-refractivity contribution in [2.75, 3.05) is 12.5 Å². The molecule has 0 aliphatic rings. The van der Waals surface area contributed by atoms with E-state index in [1.54, 1.807) is 13.0 Å². The molecule has 0 radical (unpaired) electrons. The fourth-order valence-corrected chi connectivity index (χ4v) is 0.902. The number of hydrazone groups is 1. The van der Waals surface area contributed by atoms with Gasteiger partial charge in [-0.05, 0) is 6.92 Å². The number of carbonyl (C=O) groups is 2. The van der Waals surface area contributed by atoms with Gasteiger partial charge in [-0.2, -0.15) is 10.4 Å². The minimum absolute atomic E-state index is 0.00560. The third-order valence-electron chi connectivity index (χ3n) is 1.39. The second-order valence-electron chi connectivity index (χ2n) is 2.66. The summed E-state index contributed by atoms with van der Waals surface area (Å²) < 4.78 is 4.69. The highest BCUT2D eigenvalue weighted by Gasteiger charge is 2.08. The van der Waals surface area contributed by atoms with Gasteiger partial charge in [0.1, 0.15) is 6.42 Å². The summed E-state index contributed by atoms with van der Waals surface area (Å²) in [6.07, 6.45) is -0.372. The van der Waals surface area contributed by atoms with Gasteiger partial charge in [0.15, 0.2) is 0 Å². The summed E-state index contributed by atoms with van der Waals surface area (Å²) in [5.74, 6) is -1.00. The zero-order chi connectivity index (χ0) is 12.4. The standard InChI is InChI=1S/C9H12ClN3O3/c1-2-16-9(15)5-7(6-10)12-13-8(14)3-4-11/h2-3,5-6H2,1H3,(H,13,14). The largest absolute Gasteiger partial charge is 0.466 e. The molecule has 0 saturated heterocycles. The van der Waals surface area contributed by atoms with Crippen molar-refractivity contribution in [3.05, 3.63) is 0 Å². The van der Waals surface area contributed by atoms with Crippen LogP contribution in [-0.4, -0.2) is 30.1 Å². The number of carbonyl (C=O) groups excluding carboxylic acids is 2. The molecular weight excluding hydrogens is 234 g/mol. The Hall–Kier alpha value is -1.61. The fourth-order valence-electron chi connectivity index (χ4n) is 0.748. The molecule has 7 heteroatoms. The predicted molar refractivity (Wildman–Crippen MR) is 57.8 cm³/mol. The zero-order valence-corrected chi connectivity index (χ0v) is 9.58. The molecular formula is C9H12ClN3O3. The number of amides is 1. The normalized spacial score (nSPS) is 10.4. The van der Waals surface area contributed by atoms with Crippen LogP contribution in [0.3, 0.4) is 0 Å². The summed E-state index contributed by atoms with van der Waals surface area (Å²) >= 11 is 5.52. The molecule has 16 heavy (non-hydrogen) atoms. The van der Waals surface area contributed by atoms with Gasteiger partial charge < -0.3 is 4.74 Å². The van der Waals surface area contributed by atoms with Crippen molar-refractivity contribution in [2.24, 2.45) is 5.10 Å². The maximum atomic E-state index is 11.1. The van der Waals surface area contributed by atoms with Crippen molar-refractivity contribution in [2.45, 2.75) is 19.8 Å². The summed E-state index contributed by atoms with van der Waals surface area (Å²) in [4.78, 5) is 21.9. The van der Waals surface area contributed by atoms with Crippen molar-refractivity contribution in [3.8, 4) is 6.07 Å². The van der Waals surface area contributed by atoms with Crippen LogP contribution < -0.4 is 5.43 Å². The Morgan fingerprint density at radius 1 is 1.56 bits per heavy atom. The SMILES string of the molecule is CCOC(=O)CC(CCl)=NNC(=O)CC#N. The topological polar surface area (TPSA) is 91.5 Å². The summed E-state index contributed by atoms with van der Waals surface area (Å²) in [6, 6.07) is 1.66. The molecule has 0 aliphatic heterocycles. The molecule has 0 unspecified atom stereocenters. The molecule has 0 aromatic heterocycles. The van der Waals surface area contributed by atoms with E-state index in [4.69, 9.17) is 16.9 Å². The monoisotopic (exact) mass is 245 g/mol. The van der Waals surface area contributed by atoms with Crippen LogP contribution in [0.4, 0.5) is 0 Å². The molecule has 0 aromatic rings. The smallest absolute Gasteiger partial charge is 0.311 e. The van der Waals surface area contributed by atoms with Gasteiger partial charge in [-0.1, -0.05) is 0 Å². The lowest BCUT2D eigenvalue weighted by Gasteiger charge is -2.03. The van der Waals surface area contributed by atoms with Gasteiger partial charge in [0, 0.05) is 0 Å². The average molecular weight is 246 g/mol. The van der Waals surface area contributed by atoms with Crippen molar-refractivity contribution in [1.82, 2.24) is 5.43 Å². The number of esters is 1. The Kier molecular flexibility index (Phi) is 7.81. The number of nitrogens with zero attached hydrogens (tertiary/aromatic N) is 2. The fraction of sp³-hybridized carbons (Fsp3) is 0.556. The number of nitriles is 1. The maximum absolute atomic E-state index is 11.1. The van der Waals surface area contributed by atoms with Crippen LogP contribution in [0, 0.1) is 11.3 Å². The molecule has 0 fully saturated rings. The summed E-state index contributed by atoms with van der Waals surface area (Å²) in [7, 11) is 0. The van der Waals surface area contributed by atoms with Gasteiger partial charge in [-0.15, -0.1) is 11.6 Å². The van der Waals surface area contributed by atoms with Crippen molar-refractivity contribution in [3.63, 3.8) is 0 Å². The molecule has 0 heterocycles. The summed E-state index contributed by atoms with van der Waals surface area (Å²) in [6.45, 7) is 1.96. The van der Waals surface area contributed by atoms with Gasteiger partial charge in [0.25, 0.3) is 5.91 Å². The lowest BCUT2D eigenvalue weighted by molar-refractivity contribution is -0.141. The minimum Gasteiger partial charge on any atom is -0.466 e. The van der Waals surface area contributed by atoms with E-state index in [1.165, 1.54) is 0 Å². The molecule has 0 aromatic carbocycles. The summed E-state index contributed by atoms with van der Waals surface area (Å²) in [5.41, 5.74) is 2.40. The Balaban J connectivity index is 4.17. The highest BCUT2D eigenvalue weighted by atomic mass is 35.5. The Morgan fingerprint density at radius 3 is 2.75 bits per heavy atom. The number of alkyl halides is 1. The third kappa shape index (κ3) is 6.79. The van der Waals surface area contributed by atoms with E-state index in [0.717, 1.165) is 0 Å². The van der Waals surface area contributed by atoms with E-state index in [2.05, 4.69) is 15.3 Å². The first-order valence-corrected chi connectivity index (χ1v) is 5.10. The second kappa shape index (κ2) is 8.68. The van der Waals surface area contributed by atoms with Crippen LogP contribution in [0.25, 0.3) is 0 Å². The molecule has 0 bridgehead atoms. The zero-order valence-electron chi connectivity index (χ0n) is 8.83. The number of hydrogen-bond acceptors (Lipinski definition) is 5. The lowest BCUT2D eigenvalue weighted by Crippen LogP contribution is -2.21. The second-order valence-corrected chi connectivity index (χ2v) is 2.93. The molecule has 1 amide bonds. The molecule has 88 valence electrons. The van der Waals surface area contributed by atoms with Gasteiger partial charge in [-0.3, -0.25) is 9.59 Å². The Bertz CT molecular complexity index is 322. The van der Waals surface area contributed by atoms with Crippen molar-refractivity contribution in [1.29, 1.82) is 5.26 Å². The highest BCUT2D eigenvalue weighted by Crippen LogP contribution is 1.94. The van der Waals surface area contributed by atoms with Crippen molar-refractivity contribution < 1.29 is 14.3 Å². The van der Waals surface area contributed by atoms with Crippen LogP contribution in [0.1, 0.15) is 19.8 Å². The average Bonchev–Trinajstić information content (AvgIpc) is 2.25. The number of ether oxygens (including phenoxy) is 1. The van der Waals surface area contributed by atoms with Crippen LogP contribution in [-0.2, 0) is 14.3 Å². The van der Waals surface area contributed by atoms with Crippen molar-refractivity contribution >= 4 is 29.2 Å². The maximum Gasteiger partial charge on any atom is 0.311 e. The molecule has 0 saturated carbocycles. The molecule has 0 atom stereocenters. The quantitative estimate of drug-likeness (QED) is 0.320. The first-order valence-electron chi connectivity index (χ1n) is 4.56. The first-order chi connectivity index (χ1) is 7.63. The van der Waals surface area contributed by atoms with Crippen LogP contribution in [0.5, 0.6) is 0 Å². The van der Waals surface area contributed by atoms with Crippen LogP contribution in [0.2, 0.25) is 0 Å². The predicted octanol–water partition coefficient (Wildman–Crippen LogP) is 0.564. The van der Waals surface area contributed by atoms with E-state index in [9.17, 15) is 9.59 Å². The first kappa shape index (κ1) is 14.4. The van der Waals surface area contributed by atoms with E-state index in [1.807, 2.05) is 0 Å². The molecule has 0 rings (SSSR count). The Morgan fingerprint density at radius 2 is 2.25 bits per heavy atom. The van der Waals surface area contributed by atoms with Crippen LogP contribution >= 0.6 is 11.6 Å². The third-order valence-corrected chi connectivity index (χ3v) is 1.69. The van der Waals surface area contributed by atoms with Gasteiger partial charge in [0.05, 0.1) is 30.7 Å². The molecule has 1 N–H and O–H groups in total. The van der Waals surface area contributed by atoms with E-state index >= 15 is 0 Å². The van der Waals surface area contributed by atoms with E-state index in [0.29, 0.717) is 0 Å². The number of rotatable bonds is 6. The number of halogens is 1. The highest BCUT2D eigenvalue weighted by molar-refractivity contribution is 6.30. The molecule has 0 aliphatic carbocycles. The number of nitrogens with one attached hydrogen (secondary N) is 1. The molecule has 6 nitrogen and oxygen atoms in total. The summed E-state index contributed by atoms with van der Waals surface area (Å²) in [5, 5.41) is 11.8. The van der Waals surface area contributed by atoms with Gasteiger partial charge >= 0.3 is 5.97 Å². The van der Waals surface area contributed by atoms with Gasteiger partial charge in [-0.25, -0.2) is 5.43 Å². The molecule has 0 spiro atoms. The number of hydrogen-bond donors (Lipinski definition) is 1. The lowest BCUT2D eigenvalue weighted by atomic mass is 10.3. The van der Waals surface area contributed by atoms with E-state index in [-0.39, 0.29) is 31.0 Å². The Labute approximate surface area is 98.2 Å². The van der Waals surface area contributed by atoms with Crippen LogP contribution in [0.15, 0.2) is 5.10 Å². The van der Waals surface area contributed by atoms with E-state index < -0.39 is 11.9 Å². The van der Waals surface area contributed by atoms with Gasteiger partial charge in [0.2, 0.25) is 0 Å². The minimum atomic E-state index is -0.547.